The molecule has 0 rings (SSSR count). The van der Waals surface area contributed by atoms with Crippen LogP contribution in [-0.2, 0) is 4.74 Å². The molecule has 0 aromatic heterocycles. The molecular formula is C19H41NO2. The molecule has 0 aliphatic rings. The lowest BCUT2D eigenvalue weighted by Crippen LogP contribution is -2.33. The molecule has 0 saturated heterocycles. The van der Waals surface area contributed by atoms with E-state index < -0.39 is 6.29 Å². The van der Waals surface area contributed by atoms with Gasteiger partial charge in [0.25, 0.3) is 0 Å². The van der Waals surface area contributed by atoms with E-state index in [4.69, 9.17) is 4.74 Å². The van der Waals surface area contributed by atoms with Crippen molar-refractivity contribution in [1.82, 2.24) is 4.90 Å². The number of likely N-dealkylation sites (N-methyl/N-ethyl adjacent to an activating group) is 1. The predicted octanol–water partition coefficient (Wildman–Crippen LogP) is 4.97. The van der Waals surface area contributed by atoms with Crippen molar-refractivity contribution in [1.29, 1.82) is 0 Å². The molecule has 0 heterocycles. The lowest BCUT2D eigenvalue weighted by molar-refractivity contribution is -0.0991. The van der Waals surface area contributed by atoms with Crippen LogP contribution in [0.15, 0.2) is 0 Å². The zero-order valence-electron chi connectivity index (χ0n) is 15.6. The Morgan fingerprint density at radius 1 is 0.818 bits per heavy atom. The maximum absolute atomic E-state index is 9.20. The Bertz CT molecular complexity index is 219. The summed E-state index contributed by atoms with van der Waals surface area (Å²) in [5, 5.41) is 9.20. The molecule has 0 amide bonds. The first-order valence-corrected chi connectivity index (χ1v) is 9.54. The van der Waals surface area contributed by atoms with Crippen LogP contribution >= 0.6 is 0 Å². The minimum Gasteiger partial charge on any atom is -0.368 e. The van der Waals surface area contributed by atoms with Crippen LogP contribution in [-0.4, -0.2) is 43.0 Å². The Labute approximate surface area is 139 Å². The van der Waals surface area contributed by atoms with Crippen LogP contribution in [0, 0.1) is 0 Å². The lowest BCUT2D eigenvalue weighted by atomic mass is 10.0. The molecule has 0 aliphatic carbocycles. The predicted molar refractivity (Wildman–Crippen MR) is 96.2 cm³/mol. The van der Waals surface area contributed by atoms with Gasteiger partial charge >= 0.3 is 0 Å². The van der Waals surface area contributed by atoms with Gasteiger partial charge in [0.1, 0.15) is 0 Å². The lowest BCUT2D eigenvalue weighted by Gasteiger charge is -2.24. The second-order valence-corrected chi connectivity index (χ2v) is 6.87. The van der Waals surface area contributed by atoms with Gasteiger partial charge in [-0.15, -0.1) is 0 Å². The Morgan fingerprint density at radius 2 is 1.27 bits per heavy atom. The average molecular weight is 316 g/mol. The normalized spacial score (nSPS) is 14.5. The van der Waals surface area contributed by atoms with Gasteiger partial charge in [-0.05, 0) is 27.4 Å². The van der Waals surface area contributed by atoms with Crippen molar-refractivity contribution >= 4 is 0 Å². The summed E-state index contributed by atoms with van der Waals surface area (Å²) >= 11 is 0. The average Bonchev–Trinajstić information content (AvgIpc) is 2.47. The summed E-state index contributed by atoms with van der Waals surface area (Å²) in [6, 6.07) is 0.424. The summed E-state index contributed by atoms with van der Waals surface area (Å²) in [6.45, 7) is 4.58. The highest BCUT2D eigenvalue weighted by Gasteiger charge is 2.12. The SMILES string of the molecule is CCCCCCCCCCCCCC(COC(C)O)N(C)C. The monoisotopic (exact) mass is 315 g/mol. The molecular weight excluding hydrogens is 274 g/mol. The van der Waals surface area contributed by atoms with E-state index in [0.29, 0.717) is 12.6 Å². The topological polar surface area (TPSA) is 32.7 Å². The molecule has 0 fully saturated rings. The molecule has 0 aromatic carbocycles. The van der Waals surface area contributed by atoms with Crippen LogP contribution in [0.5, 0.6) is 0 Å². The van der Waals surface area contributed by atoms with Crippen molar-refractivity contribution < 1.29 is 9.84 Å². The van der Waals surface area contributed by atoms with Crippen molar-refractivity contribution in [2.75, 3.05) is 20.7 Å². The number of unbranched alkanes of at least 4 members (excludes halogenated alkanes) is 10. The van der Waals surface area contributed by atoms with E-state index in [-0.39, 0.29) is 0 Å². The summed E-state index contributed by atoms with van der Waals surface area (Å²) in [6.07, 6.45) is 15.7. The standard InChI is InChI=1S/C19H41NO2/c1-5-6-7-8-9-10-11-12-13-14-15-16-19(20(3)4)17-22-18(2)21/h18-19,21H,5-17H2,1-4H3. The number of ether oxygens (including phenoxy) is 1. The molecule has 3 heteroatoms. The summed E-state index contributed by atoms with van der Waals surface area (Å²) in [4.78, 5) is 2.21. The highest BCUT2D eigenvalue weighted by atomic mass is 16.6. The van der Waals surface area contributed by atoms with Gasteiger partial charge in [0.15, 0.2) is 6.29 Å². The number of aliphatic hydroxyl groups is 1. The van der Waals surface area contributed by atoms with Gasteiger partial charge in [0.2, 0.25) is 0 Å². The van der Waals surface area contributed by atoms with Crippen LogP contribution in [0.25, 0.3) is 0 Å². The van der Waals surface area contributed by atoms with Crippen LogP contribution in [0.3, 0.4) is 0 Å². The Morgan fingerprint density at radius 3 is 1.68 bits per heavy atom. The minimum atomic E-state index is -0.653. The van der Waals surface area contributed by atoms with E-state index in [0.717, 1.165) is 6.42 Å². The Hall–Kier alpha value is -0.120. The summed E-state index contributed by atoms with van der Waals surface area (Å²) < 4.78 is 5.33. The van der Waals surface area contributed by atoms with Crippen molar-refractivity contribution in [3.63, 3.8) is 0 Å². The second kappa shape index (κ2) is 15.8. The zero-order chi connectivity index (χ0) is 16.6. The van der Waals surface area contributed by atoms with Gasteiger partial charge in [-0.2, -0.15) is 0 Å². The third kappa shape index (κ3) is 14.8. The van der Waals surface area contributed by atoms with Gasteiger partial charge in [-0.25, -0.2) is 0 Å². The van der Waals surface area contributed by atoms with E-state index in [1.54, 1.807) is 6.92 Å². The number of rotatable bonds is 16. The number of hydrogen-bond acceptors (Lipinski definition) is 3. The molecule has 2 atom stereocenters. The van der Waals surface area contributed by atoms with Gasteiger partial charge in [0, 0.05) is 6.04 Å². The fourth-order valence-electron chi connectivity index (χ4n) is 2.79. The molecule has 0 saturated carbocycles. The quantitative estimate of drug-likeness (QED) is 0.322. The largest absolute Gasteiger partial charge is 0.368 e. The fraction of sp³-hybridized carbons (Fsp3) is 1.00. The smallest absolute Gasteiger partial charge is 0.151 e. The Kier molecular flexibility index (Phi) is 15.7. The molecule has 3 nitrogen and oxygen atoms in total. The van der Waals surface area contributed by atoms with Crippen LogP contribution < -0.4 is 0 Å². The minimum absolute atomic E-state index is 0.424. The van der Waals surface area contributed by atoms with Gasteiger partial charge in [-0.1, -0.05) is 77.6 Å². The maximum atomic E-state index is 9.20. The fourth-order valence-corrected chi connectivity index (χ4v) is 2.79. The Balaban J connectivity index is 3.38. The first kappa shape index (κ1) is 21.9. The van der Waals surface area contributed by atoms with Crippen molar-refractivity contribution in [3.8, 4) is 0 Å². The molecule has 0 aromatic rings. The molecule has 0 aliphatic heterocycles. The summed E-state index contributed by atoms with van der Waals surface area (Å²) in [7, 11) is 4.18. The number of hydrogen-bond donors (Lipinski definition) is 1. The van der Waals surface area contributed by atoms with Gasteiger partial charge in [-0.3, -0.25) is 0 Å². The molecule has 0 bridgehead atoms. The van der Waals surface area contributed by atoms with Gasteiger partial charge in [0.05, 0.1) is 6.61 Å². The van der Waals surface area contributed by atoms with Crippen molar-refractivity contribution in [2.24, 2.45) is 0 Å². The second-order valence-electron chi connectivity index (χ2n) is 6.87. The molecule has 1 N–H and O–H groups in total. The zero-order valence-corrected chi connectivity index (χ0v) is 15.6. The van der Waals surface area contributed by atoms with E-state index in [1.807, 2.05) is 0 Å². The third-order valence-corrected chi connectivity index (χ3v) is 4.40. The molecule has 2 unspecified atom stereocenters. The third-order valence-electron chi connectivity index (χ3n) is 4.40. The van der Waals surface area contributed by atoms with E-state index in [2.05, 4.69) is 25.9 Å². The first-order valence-electron chi connectivity index (χ1n) is 9.54. The first-order chi connectivity index (χ1) is 10.6. The van der Waals surface area contributed by atoms with Crippen LogP contribution in [0.1, 0.15) is 90.9 Å². The van der Waals surface area contributed by atoms with E-state index in [9.17, 15) is 5.11 Å². The number of nitrogens with zero attached hydrogens (tertiary/aromatic N) is 1. The molecule has 0 spiro atoms. The summed E-state index contributed by atoms with van der Waals surface area (Å²) in [5.74, 6) is 0. The molecule has 22 heavy (non-hydrogen) atoms. The van der Waals surface area contributed by atoms with E-state index in [1.165, 1.54) is 70.6 Å². The van der Waals surface area contributed by atoms with Gasteiger partial charge < -0.3 is 14.7 Å². The van der Waals surface area contributed by atoms with E-state index >= 15 is 0 Å². The van der Waals surface area contributed by atoms with Crippen LogP contribution in [0.2, 0.25) is 0 Å². The van der Waals surface area contributed by atoms with Crippen molar-refractivity contribution in [2.45, 2.75) is 103 Å². The maximum Gasteiger partial charge on any atom is 0.151 e. The number of aliphatic hydroxyl groups excluding tert-OH is 1. The van der Waals surface area contributed by atoms with Crippen LogP contribution in [0.4, 0.5) is 0 Å². The highest BCUT2D eigenvalue weighted by Crippen LogP contribution is 2.13. The molecule has 134 valence electrons. The highest BCUT2D eigenvalue weighted by molar-refractivity contribution is 4.65. The molecule has 0 radical (unpaired) electrons. The summed E-state index contributed by atoms with van der Waals surface area (Å²) in [5.41, 5.74) is 0. The van der Waals surface area contributed by atoms with Crippen molar-refractivity contribution in [3.05, 3.63) is 0 Å².